The summed E-state index contributed by atoms with van der Waals surface area (Å²) in [5.74, 6) is -0.944. The van der Waals surface area contributed by atoms with Crippen molar-refractivity contribution >= 4 is 37.2 Å². The number of piperazine rings is 1. The van der Waals surface area contributed by atoms with E-state index < -0.39 is 36.7 Å². The molecule has 2 aliphatic heterocycles. The molecule has 2 saturated heterocycles. The van der Waals surface area contributed by atoms with Gasteiger partial charge in [-0.25, -0.2) is 16.8 Å². The zero-order chi connectivity index (χ0) is 21.4. The molecule has 9 nitrogen and oxygen atoms in total. The molecule has 0 spiro atoms. The van der Waals surface area contributed by atoms with Crippen LogP contribution in [0.1, 0.15) is 13.8 Å². The van der Waals surface area contributed by atoms with Crippen LogP contribution in [0.15, 0.2) is 29.2 Å². The maximum absolute atomic E-state index is 13.2. The fourth-order valence-electron chi connectivity index (χ4n) is 3.91. The lowest BCUT2D eigenvalue weighted by atomic mass is 10.2. The van der Waals surface area contributed by atoms with Crippen LogP contribution in [0.2, 0.25) is 0 Å². The minimum atomic E-state index is -3.90. The third-order valence-electron chi connectivity index (χ3n) is 5.40. The number of sulfone groups is 2. The van der Waals surface area contributed by atoms with Gasteiger partial charge in [0.05, 0.1) is 21.7 Å². The van der Waals surface area contributed by atoms with Gasteiger partial charge in [0, 0.05) is 51.8 Å². The molecule has 0 unspecified atom stereocenters. The highest BCUT2D eigenvalue weighted by Gasteiger charge is 2.48. The topological polar surface area (TPSA) is 121 Å². The quantitative estimate of drug-likeness (QED) is 0.681. The Morgan fingerprint density at radius 2 is 1.59 bits per heavy atom. The molecule has 0 radical (unpaired) electrons. The summed E-state index contributed by atoms with van der Waals surface area (Å²) in [5.41, 5.74) is 0.465. The van der Waals surface area contributed by atoms with Gasteiger partial charge in [-0.1, -0.05) is 0 Å². The maximum Gasteiger partial charge on any atom is 0.221 e. The maximum atomic E-state index is 13.2. The van der Waals surface area contributed by atoms with Crippen molar-refractivity contribution in [2.75, 3.05) is 43.0 Å². The summed E-state index contributed by atoms with van der Waals surface area (Å²) in [4.78, 5) is 26.2. The third-order valence-corrected chi connectivity index (χ3v) is 9.54. The number of hydrogen-bond acceptors (Lipinski definition) is 7. The number of benzene rings is 1. The van der Waals surface area contributed by atoms with Crippen LogP contribution in [-0.2, 0) is 29.3 Å². The zero-order valence-corrected chi connectivity index (χ0v) is 18.0. The normalized spacial score (nSPS) is 25.0. The van der Waals surface area contributed by atoms with Crippen LogP contribution in [0.25, 0.3) is 0 Å². The standard InChI is InChI=1S/C18H25N3O6S2/c1-13(22)19-15-3-5-16(6-4-15)29(26,27)18-12-28(24,25)11-17(18)21-9-7-20(8-10-21)14(2)23/h3-6,17-18H,7-12H2,1-2H3,(H,19,22)/t17-,18-/m1/s1. The second-order valence-corrected chi connectivity index (χ2v) is 11.8. The van der Waals surface area contributed by atoms with Crippen LogP contribution in [0.4, 0.5) is 5.69 Å². The van der Waals surface area contributed by atoms with Gasteiger partial charge in [-0.2, -0.15) is 0 Å². The lowest BCUT2D eigenvalue weighted by molar-refractivity contribution is -0.130. The van der Waals surface area contributed by atoms with Crippen molar-refractivity contribution < 1.29 is 26.4 Å². The van der Waals surface area contributed by atoms with Crippen molar-refractivity contribution in [3.8, 4) is 0 Å². The van der Waals surface area contributed by atoms with Crippen LogP contribution in [0.3, 0.4) is 0 Å². The molecule has 1 aromatic carbocycles. The fraction of sp³-hybridized carbons (Fsp3) is 0.556. The molecule has 11 heteroatoms. The van der Waals surface area contributed by atoms with Crippen LogP contribution in [-0.4, -0.2) is 87.4 Å². The summed E-state index contributed by atoms with van der Waals surface area (Å²) < 4.78 is 51.1. The summed E-state index contributed by atoms with van der Waals surface area (Å²) in [6, 6.07) is 5.10. The van der Waals surface area contributed by atoms with E-state index in [9.17, 15) is 26.4 Å². The van der Waals surface area contributed by atoms with Crippen molar-refractivity contribution in [3.05, 3.63) is 24.3 Å². The van der Waals surface area contributed by atoms with E-state index in [1.165, 1.54) is 38.1 Å². The molecule has 2 atom stereocenters. The zero-order valence-electron chi connectivity index (χ0n) is 16.4. The molecule has 160 valence electrons. The number of hydrogen-bond donors (Lipinski definition) is 1. The number of anilines is 1. The summed E-state index contributed by atoms with van der Waals surface area (Å²) in [5, 5.41) is 1.50. The monoisotopic (exact) mass is 443 g/mol. The number of nitrogens with zero attached hydrogens (tertiary/aromatic N) is 2. The van der Waals surface area contributed by atoms with E-state index in [1.54, 1.807) is 4.90 Å². The number of carbonyl (C=O) groups excluding carboxylic acids is 2. The largest absolute Gasteiger partial charge is 0.340 e. The van der Waals surface area contributed by atoms with Crippen molar-refractivity contribution in [1.29, 1.82) is 0 Å². The molecule has 1 aromatic rings. The Kier molecular flexibility index (Phi) is 6.02. The average molecular weight is 444 g/mol. The highest BCUT2D eigenvalue weighted by atomic mass is 32.2. The Bertz CT molecular complexity index is 997. The minimum Gasteiger partial charge on any atom is -0.340 e. The number of rotatable bonds is 4. The molecular formula is C18H25N3O6S2. The van der Waals surface area contributed by atoms with Gasteiger partial charge in [0.15, 0.2) is 19.7 Å². The molecule has 0 saturated carbocycles. The van der Waals surface area contributed by atoms with Crippen LogP contribution in [0.5, 0.6) is 0 Å². The summed E-state index contributed by atoms with van der Waals surface area (Å²) >= 11 is 0. The molecule has 2 heterocycles. The minimum absolute atomic E-state index is 0.0288. The Morgan fingerprint density at radius 1 is 1.00 bits per heavy atom. The predicted octanol–water partition coefficient (Wildman–Crippen LogP) is -0.252. The predicted molar refractivity (Wildman–Crippen MR) is 108 cm³/mol. The first-order valence-electron chi connectivity index (χ1n) is 9.31. The SMILES string of the molecule is CC(=O)Nc1ccc(S(=O)(=O)[C@@H]2CS(=O)(=O)C[C@H]2N2CCN(C(C)=O)CC2)cc1. The molecule has 2 amide bonds. The van der Waals surface area contributed by atoms with E-state index in [4.69, 9.17) is 0 Å². The van der Waals surface area contributed by atoms with Gasteiger partial charge in [0.1, 0.15) is 0 Å². The molecule has 3 rings (SSSR count). The molecule has 1 N–H and O–H groups in total. The molecule has 29 heavy (non-hydrogen) atoms. The highest BCUT2D eigenvalue weighted by Crippen LogP contribution is 2.30. The Labute approximate surface area is 170 Å². The average Bonchev–Trinajstić information content (AvgIpc) is 2.98. The highest BCUT2D eigenvalue weighted by molar-refractivity contribution is 7.96. The third kappa shape index (κ3) is 4.78. The second-order valence-electron chi connectivity index (χ2n) is 7.48. The molecule has 0 aliphatic carbocycles. The van der Waals surface area contributed by atoms with E-state index in [0.29, 0.717) is 31.9 Å². The van der Waals surface area contributed by atoms with Crippen LogP contribution >= 0.6 is 0 Å². The first-order valence-corrected chi connectivity index (χ1v) is 12.7. The lowest BCUT2D eigenvalue weighted by Crippen LogP contribution is -2.55. The first kappa shape index (κ1) is 21.7. The molecule has 2 aliphatic rings. The van der Waals surface area contributed by atoms with E-state index in [-0.39, 0.29) is 22.5 Å². The summed E-state index contributed by atoms with van der Waals surface area (Å²) in [7, 11) is -7.39. The molecule has 2 fully saturated rings. The fourth-order valence-corrected chi connectivity index (χ4v) is 8.74. The smallest absolute Gasteiger partial charge is 0.221 e. The van der Waals surface area contributed by atoms with Crippen LogP contribution < -0.4 is 5.32 Å². The number of carbonyl (C=O) groups is 2. The molecule has 0 bridgehead atoms. The summed E-state index contributed by atoms with van der Waals surface area (Å²) in [6.07, 6.45) is 0. The van der Waals surface area contributed by atoms with Crippen molar-refractivity contribution in [2.24, 2.45) is 0 Å². The Balaban J connectivity index is 1.84. The lowest BCUT2D eigenvalue weighted by Gasteiger charge is -2.39. The van der Waals surface area contributed by atoms with Crippen LogP contribution in [0, 0.1) is 0 Å². The first-order chi connectivity index (χ1) is 13.5. The Hall–Kier alpha value is -1.98. The van der Waals surface area contributed by atoms with E-state index in [0.717, 1.165) is 0 Å². The Morgan fingerprint density at radius 3 is 2.10 bits per heavy atom. The van der Waals surface area contributed by atoms with Crippen molar-refractivity contribution in [2.45, 2.75) is 30.0 Å². The number of nitrogens with one attached hydrogen (secondary N) is 1. The van der Waals surface area contributed by atoms with Gasteiger partial charge < -0.3 is 10.2 Å². The van der Waals surface area contributed by atoms with Gasteiger partial charge in [0.2, 0.25) is 11.8 Å². The van der Waals surface area contributed by atoms with E-state index in [1.807, 2.05) is 4.90 Å². The van der Waals surface area contributed by atoms with E-state index >= 15 is 0 Å². The molecular weight excluding hydrogens is 418 g/mol. The van der Waals surface area contributed by atoms with Gasteiger partial charge in [-0.3, -0.25) is 14.5 Å². The van der Waals surface area contributed by atoms with Crippen molar-refractivity contribution in [1.82, 2.24) is 9.80 Å². The van der Waals surface area contributed by atoms with Gasteiger partial charge in [-0.05, 0) is 24.3 Å². The second kappa shape index (κ2) is 8.04. The summed E-state index contributed by atoms with van der Waals surface area (Å²) in [6.45, 7) is 4.60. The van der Waals surface area contributed by atoms with Gasteiger partial charge in [0.25, 0.3) is 0 Å². The van der Waals surface area contributed by atoms with Gasteiger partial charge >= 0.3 is 0 Å². The van der Waals surface area contributed by atoms with Gasteiger partial charge in [-0.15, -0.1) is 0 Å². The molecule has 0 aromatic heterocycles. The van der Waals surface area contributed by atoms with Crippen molar-refractivity contribution in [3.63, 3.8) is 0 Å². The number of amides is 2. The van der Waals surface area contributed by atoms with E-state index in [2.05, 4.69) is 5.32 Å².